The van der Waals surface area contributed by atoms with Crippen LogP contribution in [0, 0.1) is 5.92 Å². The van der Waals surface area contributed by atoms with E-state index < -0.39 is 0 Å². The summed E-state index contributed by atoms with van der Waals surface area (Å²) in [4.78, 5) is 4.14. The largest absolute Gasteiger partial charge is 0.493 e. The molecule has 1 atom stereocenters. The van der Waals surface area contributed by atoms with Crippen molar-refractivity contribution >= 4 is 0 Å². The Morgan fingerprint density at radius 3 is 2.73 bits per heavy atom. The second-order valence-electron chi connectivity index (χ2n) is 3.93. The van der Waals surface area contributed by atoms with Crippen molar-refractivity contribution in [3.8, 4) is 5.75 Å². The fraction of sp³-hybridized carbons (Fsp3) is 0.583. The SMILES string of the molecule is CCOc1ccncc1C(CN)C(C)C. The van der Waals surface area contributed by atoms with Crippen molar-refractivity contribution in [1.29, 1.82) is 0 Å². The van der Waals surface area contributed by atoms with Crippen LogP contribution in [0.3, 0.4) is 0 Å². The highest BCUT2D eigenvalue weighted by atomic mass is 16.5. The van der Waals surface area contributed by atoms with Gasteiger partial charge < -0.3 is 10.5 Å². The molecule has 0 aromatic carbocycles. The predicted octanol–water partition coefficient (Wildman–Crippen LogP) is 2.18. The second kappa shape index (κ2) is 5.71. The first-order valence-electron chi connectivity index (χ1n) is 5.47. The lowest BCUT2D eigenvalue weighted by Crippen LogP contribution is -2.19. The van der Waals surface area contributed by atoms with Gasteiger partial charge in [-0.15, -0.1) is 0 Å². The van der Waals surface area contributed by atoms with Crippen LogP contribution in [0.5, 0.6) is 5.75 Å². The monoisotopic (exact) mass is 208 g/mol. The molecule has 3 heteroatoms. The molecule has 0 saturated carbocycles. The van der Waals surface area contributed by atoms with Gasteiger partial charge in [0.1, 0.15) is 5.75 Å². The lowest BCUT2D eigenvalue weighted by atomic mass is 9.89. The number of rotatable bonds is 5. The van der Waals surface area contributed by atoms with Crippen molar-refractivity contribution in [3.05, 3.63) is 24.0 Å². The summed E-state index contributed by atoms with van der Waals surface area (Å²) >= 11 is 0. The molecule has 0 amide bonds. The molecule has 3 nitrogen and oxygen atoms in total. The number of ether oxygens (including phenoxy) is 1. The summed E-state index contributed by atoms with van der Waals surface area (Å²) in [6, 6.07) is 1.91. The molecule has 0 saturated heterocycles. The van der Waals surface area contributed by atoms with Gasteiger partial charge in [-0.3, -0.25) is 4.98 Å². The Morgan fingerprint density at radius 1 is 1.47 bits per heavy atom. The molecule has 0 spiro atoms. The first-order valence-corrected chi connectivity index (χ1v) is 5.47. The highest BCUT2D eigenvalue weighted by Crippen LogP contribution is 2.30. The average Bonchev–Trinajstić information content (AvgIpc) is 2.21. The Hall–Kier alpha value is -1.09. The van der Waals surface area contributed by atoms with E-state index in [1.54, 1.807) is 6.20 Å². The van der Waals surface area contributed by atoms with Crippen molar-refractivity contribution in [2.45, 2.75) is 26.7 Å². The van der Waals surface area contributed by atoms with Gasteiger partial charge in [-0.1, -0.05) is 13.8 Å². The molecule has 2 N–H and O–H groups in total. The van der Waals surface area contributed by atoms with E-state index in [0.717, 1.165) is 11.3 Å². The molecule has 84 valence electrons. The van der Waals surface area contributed by atoms with Gasteiger partial charge in [0, 0.05) is 23.9 Å². The zero-order valence-corrected chi connectivity index (χ0v) is 9.73. The van der Waals surface area contributed by atoms with Crippen LogP contribution >= 0.6 is 0 Å². The smallest absolute Gasteiger partial charge is 0.125 e. The molecule has 1 aromatic heterocycles. The van der Waals surface area contributed by atoms with Crippen LogP contribution in [-0.4, -0.2) is 18.1 Å². The molecule has 0 aliphatic heterocycles. The van der Waals surface area contributed by atoms with E-state index in [4.69, 9.17) is 10.5 Å². The lowest BCUT2D eigenvalue weighted by Gasteiger charge is -2.21. The van der Waals surface area contributed by atoms with E-state index in [9.17, 15) is 0 Å². The van der Waals surface area contributed by atoms with E-state index in [2.05, 4.69) is 18.8 Å². The number of nitrogens with two attached hydrogens (primary N) is 1. The third kappa shape index (κ3) is 2.93. The third-order valence-corrected chi connectivity index (χ3v) is 2.57. The minimum absolute atomic E-state index is 0.320. The maximum atomic E-state index is 5.79. The number of nitrogens with zero attached hydrogens (tertiary/aromatic N) is 1. The standard InChI is InChI=1S/C12H20N2O/c1-4-15-12-5-6-14-8-11(12)10(7-13)9(2)3/h5-6,8-10H,4,7,13H2,1-3H3. The summed E-state index contributed by atoms with van der Waals surface area (Å²) in [5, 5.41) is 0. The quantitative estimate of drug-likeness (QED) is 0.806. The zero-order chi connectivity index (χ0) is 11.3. The third-order valence-electron chi connectivity index (χ3n) is 2.57. The van der Waals surface area contributed by atoms with Crippen LogP contribution in [0.25, 0.3) is 0 Å². The minimum Gasteiger partial charge on any atom is -0.493 e. The highest BCUT2D eigenvalue weighted by Gasteiger charge is 2.18. The summed E-state index contributed by atoms with van der Waals surface area (Å²) in [6.45, 7) is 7.62. The summed E-state index contributed by atoms with van der Waals surface area (Å²) in [6.07, 6.45) is 3.62. The molecule has 0 bridgehead atoms. The number of hydrogen-bond donors (Lipinski definition) is 1. The molecule has 0 radical (unpaired) electrons. The summed E-state index contributed by atoms with van der Waals surface area (Å²) in [5.41, 5.74) is 6.91. The molecular formula is C12H20N2O. The van der Waals surface area contributed by atoms with Crippen LogP contribution in [0.1, 0.15) is 32.3 Å². The highest BCUT2D eigenvalue weighted by molar-refractivity contribution is 5.34. The Bertz CT molecular complexity index is 299. The van der Waals surface area contributed by atoms with Crippen molar-refractivity contribution in [2.24, 2.45) is 11.7 Å². The van der Waals surface area contributed by atoms with Gasteiger partial charge in [0.2, 0.25) is 0 Å². The average molecular weight is 208 g/mol. The number of hydrogen-bond acceptors (Lipinski definition) is 3. The molecule has 1 heterocycles. The summed E-state index contributed by atoms with van der Waals surface area (Å²) < 4.78 is 5.57. The molecule has 15 heavy (non-hydrogen) atoms. The van der Waals surface area contributed by atoms with Crippen LogP contribution in [0.4, 0.5) is 0 Å². The van der Waals surface area contributed by atoms with Crippen LogP contribution < -0.4 is 10.5 Å². The van der Waals surface area contributed by atoms with Crippen molar-refractivity contribution in [3.63, 3.8) is 0 Å². The van der Waals surface area contributed by atoms with Crippen molar-refractivity contribution < 1.29 is 4.74 Å². The fourth-order valence-corrected chi connectivity index (χ4v) is 1.72. The minimum atomic E-state index is 0.320. The van der Waals surface area contributed by atoms with Gasteiger partial charge in [0.05, 0.1) is 6.61 Å². The fourth-order valence-electron chi connectivity index (χ4n) is 1.72. The maximum Gasteiger partial charge on any atom is 0.125 e. The predicted molar refractivity (Wildman–Crippen MR) is 62.0 cm³/mol. The van der Waals surface area contributed by atoms with Crippen LogP contribution in [0.2, 0.25) is 0 Å². The Balaban J connectivity index is 2.99. The molecule has 0 aliphatic carbocycles. The Labute approximate surface area is 91.7 Å². The molecule has 0 aliphatic rings. The topological polar surface area (TPSA) is 48.1 Å². The van der Waals surface area contributed by atoms with Gasteiger partial charge in [0.15, 0.2) is 0 Å². The Kier molecular flexibility index (Phi) is 4.56. The van der Waals surface area contributed by atoms with Gasteiger partial charge >= 0.3 is 0 Å². The van der Waals surface area contributed by atoms with Gasteiger partial charge in [0.25, 0.3) is 0 Å². The zero-order valence-electron chi connectivity index (χ0n) is 9.73. The number of aromatic nitrogens is 1. The van der Waals surface area contributed by atoms with E-state index in [-0.39, 0.29) is 0 Å². The van der Waals surface area contributed by atoms with Crippen molar-refractivity contribution in [1.82, 2.24) is 4.98 Å². The molecule has 1 aromatic rings. The van der Waals surface area contributed by atoms with Gasteiger partial charge in [-0.05, 0) is 25.5 Å². The molecule has 1 rings (SSSR count). The Morgan fingerprint density at radius 2 is 2.20 bits per heavy atom. The molecule has 1 unspecified atom stereocenters. The van der Waals surface area contributed by atoms with Crippen molar-refractivity contribution in [2.75, 3.05) is 13.2 Å². The van der Waals surface area contributed by atoms with Gasteiger partial charge in [-0.25, -0.2) is 0 Å². The lowest BCUT2D eigenvalue weighted by molar-refractivity contribution is 0.329. The van der Waals surface area contributed by atoms with Crippen LogP contribution in [0.15, 0.2) is 18.5 Å². The second-order valence-corrected chi connectivity index (χ2v) is 3.93. The molecule has 0 fully saturated rings. The van der Waals surface area contributed by atoms with E-state index in [1.807, 2.05) is 19.2 Å². The normalized spacial score (nSPS) is 12.9. The van der Waals surface area contributed by atoms with Crippen LogP contribution in [-0.2, 0) is 0 Å². The number of pyridine rings is 1. The van der Waals surface area contributed by atoms with Gasteiger partial charge in [-0.2, -0.15) is 0 Å². The van der Waals surface area contributed by atoms with E-state index in [1.165, 1.54) is 0 Å². The summed E-state index contributed by atoms with van der Waals surface area (Å²) in [7, 11) is 0. The first-order chi connectivity index (χ1) is 7.20. The molecular weight excluding hydrogens is 188 g/mol. The maximum absolute atomic E-state index is 5.79. The summed E-state index contributed by atoms with van der Waals surface area (Å²) in [5.74, 6) is 1.73. The van der Waals surface area contributed by atoms with E-state index >= 15 is 0 Å². The van der Waals surface area contributed by atoms with E-state index in [0.29, 0.717) is 25.0 Å². The first kappa shape index (κ1) is 12.0.